The van der Waals surface area contributed by atoms with E-state index in [-0.39, 0.29) is 23.3 Å². The monoisotopic (exact) mass is 269 g/mol. The molecule has 0 saturated heterocycles. The van der Waals surface area contributed by atoms with Gasteiger partial charge in [0, 0.05) is 19.7 Å². The minimum atomic E-state index is -0.655. The largest absolute Gasteiger partial charge is 0.464 e. The first-order valence-electron chi connectivity index (χ1n) is 5.50. The minimum Gasteiger partial charge on any atom is -0.464 e. The summed E-state index contributed by atoms with van der Waals surface area (Å²) < 4.78 is 9.53. The van der Waals surface area contributed by atoms with E-state index in [1.165, 1.54) is 26.4 Å². The van der Waals surface area contributed by atoms with Crippen molar-refractivity contribution < 1.29 is 19.2 Å². The fourth-order valence-electron chi connectivity index (χ4n) is 1.27. The molecule has 1 aromatic heterocycles. The molecular formula is C11H15N3O5. The van der Waals surface area contributed by atoms with Crippen LogP contribution in [0.5, 0.6) is 0 Å². The van der Waals surface area contributed by atoms with Gasteiger partial charge in [-0.15, -0.1) is 0 Å². The number of rotatable bonds is 6. The Kier molecular flexibility index (Phi) is 5.19. The van der Waals surface area contributed by atoms with Gasteiger partial charge >= 0.3 is 11.7 Å². The van der Waals surface area contributed by atoms with Crippen molar-refractivity contribution in [3.8, 4) is 0 Å². The number of methoxy groups -OCH3 is 2. The van der Waals surface area contributed by atoms with Crippen LogP contribution in [0.3, 0.4) is 0 Å². The van der Waals surface area contributed by atoms with E-state index in [1.54, 1.807) is 6.92 Å². The molecule has 8 heteroatoms. The third-order valence-electron chi connectivity index (χ3n) is 2.42. The molecule has 0 aliphatic carbocycles. The lowest BCUT2D eigenvalue weighted by atomic mass is 10.3. The first-order valence-corrected chi connectivity index (χ1v) is 5.50. The Balaban J connectivity index is 3.01. The van der Waals surface area contributed by atoms with Crippen LogP contribution in [0.1, 0.15) is 17.4 Å². The molecule has 0 bridgehead atoms. The topological polar surface area (TPSA) is 104 Å². The van der Waals surface area contributed by atoms with Crippen LogP contribution in [0.25, 0.3) is 0 Å². The summed E-state index contributed by atoms with van der Waals surface area (Å²) in [5, 5.41) is 13.6. The number of ether oxygens (including phenoxy) is 2. The van der Waals surface area contributed by atoms with Crippen molar-refractivity contribution in [3.05, 3.63) is 27.9 Å². The maximum Gasteiger partial charge on any atom is 0.356 e. The minimum absolute atomic E-state index is 0.000620. The summed E-state index contributed by atoms with van der Waals surface area (Å²) in [5.41, 5.74) is -0.211. The van der Waals surface area contributed by atoms with Crippen molar-refractivity contribution in [3.63, 3.8) is 0 Å². The molecule has 1 N–H and O–H groups in total. The van der Waals surface area contributed by atoms with Crippen LogP contribution in [0.2, 0.25) is 0 Å². The molecule has 0 aliphatic rings. The van der Waals surface area contributed by atoms with Gasteiger partial charge in [-0.25, -0.2) is 9.78 Å². The van der Waals surface area contributed by atoms with Crippen molar-refractivity contribution in [2.75, 3.05) is 26.1 Å². The highest BCUT2D eigenvalue weighted by atomic mass is 16.6. The van der Waals surface area contributed by atoms with Crippen molar-refractivity contribution in [1.29, 1.82) is 0 Å². The highest BCUT2D eigenvalue weighted by Gasteiger charge is 2.19. The second kappa shape index (κ2) is 6.64. The SMILES string of the molecule is COC(=O)c1ccc([N+](=O)[O-])c(NCC(C)OC)n1. The normalized spacial score (nSPS) is 11.7. The van der Waals surface area contributed by atoms with Crippen LogP contribution < -0.4 is 5.32 Å². The van der Waals surface area contributed by atoms with Gasteiger partial charge < -0.3 is 14.8 Å². The van der Waals surface area contributed by atoms with Crippen LogP contribution in [0.15, 0.2) is 12.1 Å². The van der Waals surface area contributed by atoms with E-state index in [9.17, 15) is 14.9 Å². The maximum absolute atomic E-state index is 11.3. The number of carbonyl (C=O) groups is 1. The first kappa shape index (κ1) is 14.8. The van der Waals surface area contributed by atoms with Gasteiger partial charge in [-0.2, -0.15) is 0 Å². The average molecular weight is 269 g/mol. The van der Waals surface area contributed by atoms with E-state index in [2.05, 4.69) is 15.0 Å². The number of nitrogens with one attached hydrogen (secondary N) is 1. The van der Waals surface area contributed by atoms with E-state index < -0.39 is 10.9 Å². The van der Waals surface area contributed by atoms with Gasteiger partial charge in [0.15, 0.2) is 5.69 Å². The van der Waals surface area contributed by atoms with E-state index in [4.69, 9.17) is 4.74 Å². The summed E-state index contributed by atoms with van der Waals surface area (Å²) in [6.45, 7) is 2.12. The zero-order valence-electron chi connectivity index (χ0n) is 10.9. The van der Waals surface area contributed by atoms with Gasteiger partial charge in [-0.05, 0) is 13.0 Å². The number of hydrogen-bond acceptors (Lipinski definition) is 7. The van der Waals surface area contributed by atoms with E-state index in [0.717, 1.165) is 0 Å². The fraction of sp³-hybridized carbons (Fsp3) is 0.455. The Morgan fingerprint density at radius 3 is 2.74 bits per heavy atom. The number of pyridine rings is 1. The number of carbonyl (C=O) groups excluding carboxylic acids is 1. The number of nitrogens with zero attached hydrogens (tertiary/aromatic N) is 2. The van der Waals surface area contributed by atoms with E-state index >= 15 is 0 Å². The smallest absolute Gasteiger partial charge is 0.356 e. The van der Waals surface area contributed by atoms with Gasteiger partial charge in [-0.1, -0.05) is 0 Å². The van der Waals surface area contributed by atoms with Gasteiger partial charge in [-0.3, -0.25) is 10.1 Å². The highest BCUT2D eigenvalue weighted by molar-refractivity contribution is 5.88. The molecule has 0 spiro atoms. The molecule has 0 aliphatic heterocycles. The van der Waals surface area contributed by atoms with Gasteiger partial charge in [0.2, 0.25) is 5.82 Å². The summed E-state index contributed by atoms with van der Waals surface area (Å²) in [7, 11) is 2.74. The van der Waals surface area contributed by atoms with Crippen molar-refractivity contribution in [2.45, 2.75) is 13.0 Å². The third kappa shape index (κ3) is 3.88. The molecule has 8 nitrogen and oxygen atoms in total. The lowest BCUT2D eigenvalue weighted by Crippen LogP contribution is -2.20. The molecule has 1 unspecified atom stereocenters. The second-order valence-corrected chi connectivity index (χ2v) is 3.74. The number of aromatic nitrogens is 1. The highest BCUT2D eigenvalue weighted by Crippen LogP contribution is 2.22. The molecule has 0 amide bonds. The number of esters is 1. The van der Waals surface area contributed by atoms with Crippen molar-refractivity contribution >= 4 is 17.5 Å². The van der Waals surface area contributed by atoms with Crippen molar-refractivity contribution in [2.24, 2.45) is 0 Å². The van der Waals surface area contributed by atoms with E-state index in [1.807, 2.05) is 0 Å². The quantitative estimate of drug-likeness (QED) is 0.470. The fourth-order valence-corrected chi connectivity index (χ4v) is 1.27. The Labute approximate surface area is 109 Å². The van der Waals surface area contributed by atoms with Gasteiger partial charge in [0.1, 0.15) is 0 Å². The zero-order chi connectivity index (χ0) is 14.4. The first-order chi connectivity index (χ1) is 8.99. The zero-order valence-corrected chi connectivity index (χ0v) is 10.9. The predicted molar refractivity (Wildman–Crippen MR) is 67.2 cm³/mol. The van der Waals surface area contributed by atoms with Crippen LogP contribution in [-0.2, 0) is 9.47 Å². The molecule has 1 atom stereocenters. The van der Waals surface area contributed by atoms with Crippen LogP contribution in [0.4, 0.5) is 11.5 Å². The molecule has 1 rings (SSSR count). The van der Waals surface area contributed by atoms with Gasteiger partial charge in [0.25, 0.3) is 0 Å². The lowest BCUT2D eigenvalue weighted by Gasteiger charge is -2.11. The Hall–Kier alpha value is -2.22. The number of anilines is 1. The maximum atomic E-state index is 11.3. The number of nitro groups is 1. The van der Waals surface area contributed by atoms with E-state index in [0.29, 0.717) is 6.54 Å². The molecule has 0 radical (unpaired) electrons. The van der Waals surface area contributed by atoms with Crippen LogP contribution in [0, 0.1) is 10.1 Å². The third-order valence-corrected chi connectivity index (χ3v) is 2.42. The predicted octanol–water partition coefficient (Wildman–Crippen LogP) is 1.22. The molecule has 0 saturated carbocycles. The second-order valence-electron chi connectivity index (χ2n) is 3.74. The molecule has 0 fully saturated rings. The Morgan fingerprint density at radius 1 is 1.53 bits per heavy atom. The summed E-state index contributed by atoms with van der Waals surface area (Å²) in [6, 6.07) is 2.45. The summed E-state index contributed by atoms with van der Waals surface area (Å²) in [6.07, 6.45) is -0.150. The molecule has 1 heterocycles. The summed E-state index contributed by atoms with van der Waals surface area (Å²) in [4.78, 5) is 25.5. The summed E-state index contributed by atoms with van der Waals surface area (Å²) >= 11 is 0. The Morgan fingerprint density at radius 2 is 2.21 bits per heavy atom. The lowest BCUT2D eigenvalue weighted by molar-refractivity contribution is -0.384. The van der Waals surface area contributed by atoms with Crippen LogP contribution in [-0.4, -0.2) is 42.7 Å². The molecule has 1 aromatic rings. The molecule has 0 aromatic carbocycles. The summed E-state index contributed by atoms with van der Waals surface area (Å²) in [5.74, 6) is -0.644. The molecular weight excluding hydrogens is 254 g/mol. The van der Waals surface area contributed by atoms with Crippen LogP contribution >= 0.6 is 0 Å². The van der Waals surface area contributed by atoms with Crippen molar-refractivity contribution in [1.82, 2.24) is 4.98 Å². The molecule has 104 valence electrons. The Bertz CT molecular complexity index is 477. The molecule has 19 heavy (non-hydrogen) atoms. The standard InChI is InChI=1S/C11H15N3O5/c1-7(18-2)6-12-10-9(14(16)17)5-4-8(13-10)11(15)19-3/h4-5,7H,6H2,1-3H3,(H,12,13). The average Bonchev–Trinajstić information content (AvgIpc) is 2.43. The van der Waals surface area contributed by atoms with Gasteiger partial charge in [0.05, 0.1) is 18.1 Å². The number of hydrogen-bond donors (Lipinski definition) is 1.